The van der Waals surface area contributed by atoms with Crippen LogP contribution in [0.2, 0.25) is 0 Å². The van der Waals surface area contributed by atoms with Gasteiger partial charge in [0.2, 0.25) is 5.91 Å². The Morgan fingerprint density at radius 3 is 3.06 bits per heavy atom. The predicted molar refractivity (Wildman–Crippen MR) is 69.0 cm³/mol. The van der Waals surface area contributed by atoms with Crippen molar-refractivity contribution in [2.75, 3.05) is 11.4 Å². The summed E-state index contributed by atoms with van der Waals surface area (Å²) < 4.78 is 0. The summed E-state index contributed by atoms with van der Waals surface area (Å²) in [7, 11) is 0. The molecule has 1 unspecified atom stereocenters. The van der Waals surface area contributed by atoms with Crippen molar-refractivity contribution in [2.24, 2.45) is 5.92 Å². The van der Waals surface area contributed by atoms with Crippen LogP contribution in [0.25, 0.3) is 10.9 Å². The van der Waals surface area contributed by atoms with Crippen molar-refractivity contribution in [1.82, 2.24) is 4.98 Å². The Hall–Kier alpha value is -2.03. The monoisotopic (exact) mass is 226 g/mol. The van der Waals surface area contributed by atoms with E-state index in [0.29, 0.717) is 6.42 Å². The van der Waals surface area contributed by atoms with Crippen LogP contribution in [-0.2, 0) is 4.79 Å². The number of amides is 1. The van der Waals surface area contributed by atoms with Gasteiger partial charge in [-0.3, -0.25) is 4.79 Å². The highest BCUT2D eigenvalue weighted by atomic mass is 16.2. The fourth-order valence-corrected chi connectivity index (χ4v) is 2.35. The number of H-pyrrole nitrogens is 1. The number of aromatic nitrogens is 1. The summed E-state index contributed by atoms with van der Waals surface area (Å²) in [5.41, 5.74) is 2.03. The smallest absolute Gasteiger partial charge is 0.227 e. The number of fused-ring (bicyclic) bond motifs is 1. The third-order valence-corrected chi connectivity index (χ3v) is 3.34. The molecule has 3 nitrogen and oxygen atoms in total. The lowest BCUT2D eigenvalue weighted by molar-refractivity contribution is -0.117. The SMILES string of the molecule is C=CC1CC(=O)N(c2ccc3cc[nH]c3c2)C1. The molecule has 1 amide bonds. The van der Waals surface area contributed by atoms with Crippen LogP contribution in [0.1, 0.15) is 6.42 Å². The summed E-state index contributed by atoms with van der Waals surface area (Å²) in [5, 5.41) is 1.17. The molecular weight excluding hydrogens is 212 g/mol. The van der Waals surface area contributed by atoms with Gasteiger partial charge < -0.3 is 9.88 Å². The minimum absolute atomic E-state index is 0.181. The fraction of sp³-hybridized carbons (Fsp3) is 0.214. The minimum atomic E-state index is 0.181. The summed E-state index contributed by atoms with van der Waals surface area (Å²) in [4.78, 5) is 16.9. The van der Waals surface area contributed by atoms with Gasteiger partial charge in [-0.15, -0.1) is 6.58 Å². The Morgan fingerprint density at radius 2 is 2.29 bits per heavy atom. The summed E-state index contributed by atoms with van der Waals surface area (Å²) in [6, 6.07) is 8.09. The zero-order valence-corrected chi connectivity index (χ0v) is 9.52. The Morgan fingerprint density at radius 1 is 1.41 bits per heavy atom. The highest BCUT2D eigenvalue weighted by molar-refractivity contribution is 5.97. The molecule has 0 spiro atoms. The van der Waals surface area contributed by atoms with Gasteiger partial charge in [0.25, 0.3) is 0 Å². The normalized spacial score (nSPS) is 20.1. The first kappa shape index (κ1) is 10.1. The zero-order valence-electron chi connectivity index (χ0n) is 9.52. The first-order valence-corrected chi connectivity index (χ1v) is 5.78. The van der Waals surface area contributed by atoms with Gasteiger partial charge in [0, 0.05) is 36.3 Å². The molecule has 0 saturated carbocycles. The van der Waals surface area contributed by atoms with E-state index in [1.165, 1.54) is 5.39 Å². The molecule has 3 heteroatoms. The van der Waals surface area contributed by atoms with Crippen LogP contribution in [-0.4, -0.2) is 17.4 Å². The average molecular weight is 226 g/mol. The number of anilines is 1. The largest absolute Gasteiger partial charge is 0.361 e. The number of carbonyl (C=O) groups excluding carboxylic acids is 1. The summed E-state index contributed by atoms with van der Waals surface area (Å²) >= 11 is 0. The van der Waals surface area contributed by atoms with Crippen molar-refractivity contribution in [3.8, 4) is 0 Å². The second kappa shape index (κ2) is 3.77. The van der Waals surface area contributed by atoms with Crippen LogP contribution >= 0.6 is 0 Å². The molecule has 2 aromatic rings. The number of nitrogens with zero attached hydrogens (tertiary/aromatic N) is 1. The molecule has 1 saturated heterocycles. The molecule has 3 rings (SSSR count). The van der Waals surface area contributed by atoms with E-state index in [9.17, 15) is 4.79 Å². The van der Waals surface area contributed by atoms with Gasteiger partial charge in [-0.25, -0.2) is 0 Å². The lowest BCUT2D eigenvalue weighted by Gasteiger charge is -2.16. The van der Waals surface area contributed by atoms with Gasteiger partial charge in [-0.05, 0) is 23.6 Å². The molecule has 1 aliphatic heterocycles. The van der Waals surface area contributed by atoms with E-state index in [-0.39, 0.29) is 11.8 Å². The zero-order chi connectivity index (χ0) is 11.8. The van der Waals surface area contributed by atoms with Crippen molar-refractivity contribution in [3.63, 3.8) is 0 Å². The summed E-state index contributed by atoms with van der Waals surface area (Å²) in [6.07, 6.45) is 4.35. The lowest BCUT2D eigenvalue weighted by atomic mass is 10.1. The third kappa shape index (κ3) is 1.64. The summed E-state index contributed by atoms with van der Waals surface area (Å²) in [5.74, 6) is 0.461. The summed E-state index contributed by atoms with van der Waals surface area (Å²) in [6.45, 7) is 4.51. The van der Waals surface area contributed by atoms with E-state index in [1.54, 1.807) is 0 Å². The quantitative estimate of drug-likeness (QED) is 0.785. The number of carbonyl (C=O) groups is 1. The molecule has 1 atom stereocenters. The standard InChI is InChI=1S/C14H14N2O/c1-2-10-7-14(17)16(9-10)12-4-3-11-5-6-15-13(11)8-12/h2-6,8,10,15H,1,7,9H2. The van der Waals surface area contributed by atoms with Gasteiger partial charge in [-0.2, -0.15) is 0 Å². The predicted octanol–water partition coefficient (Wildman–Crippen LogP) is 2.71. The topological polar surface area (TPSA) is 36.1 Å². The molecule has 0 bridgehead atoms. The number of hydrogen-bond donors (Lipinski definition) is 1. The maximum Gasteiger partial charge on any atom is 0.227 e. The lowest BCUT2D eigenvalue weighted by Crippen LogP contribution is -2.24. The fourth-order valence-electron chi connectivity index (χ4n) is 2.35. The van der Waals surface area contributed by atoms with E-state index in [2.05, 4.69) is 11.6 Å². The first-order valence-electron chi connectivity index (χ1n) is 5.78. The van der Waals surface area contributed by atoms with Gasteiger partial charge in [0.05, 0.1) is 0 Å². The number of nitrogens with one attached hydrogen (secondary N) is 1. The maximum absolute atomic E-state index is 11.9. The van der Waals surface area contributed by atoms with E-state index in [4.69, 9.17) is 0 Å². The van der Waals surface area contributed by atoms with E-state index >= 15 is 0 Å². The minimum Gasteiger partial charge on any atom is -0.361 e. The van der Waals surface area contributed by atoms with Gasteiger partial charge in [0.1, 0.15) is 0 Å². The third-order valence-electron chi connectivity index (χ3n) is 3.34. The van der Waals surface area contributed by atoms with Crippen molar-refractivity contribution < 1.29 is 4.79 Å². The van der Waals surface area contributed by atoms with Gasteiger partial charge in [0.15, 0.2) is 0 Å². The molecule has 1 fully saturated rings. The number of benzene rings is 1. The van der Waals surface area contributed by atoms with Crippen LogP contribution in [0.4, 0.5) is 5.69 Å². The molecule has 1 aromatic carbocycles. The van der Waals surface area contributed by atoms with E-state index < -0.39 is 0 Å². The Kier molecular flexibility index (Phi) is 2.25. The highest BCUT2D eigenvalue weighted by Gasteiger charge is 2.28. The molecule has 0 radical (unpaired) electrons. The van der Waals surface area contributed by atoms with Crippen LogP contribution in [0.15, 0.2) is 43.1 Å². The molecule has 2 heterocycles. The van der Waals surface area contributed by atoms with Gasteiger partial charge in [-0.1, -0.05) is 12.1 Å². The molecule has 1 aromatic heterocycles. The average Bonchev–Trinajstić information content (AvgIpc) is 2.93. The maximum atomic E-state index is 11.9. The van der Waals surface area contributed by atoms with Crippen molar-refractivity contribution in [1.29, 1.82) is 0 Å². The number of aromatic amines is 1. The molecule has 86 valence electrons. The number of hydrogen-bond acceptors (Lipinski definition) is 1. The van der Waals surface area contributed by atoms with Crippen LogP contribution < -0.4 is 4.90 Å². The van der Waals surface area contributed by atoms with E-state index in [0.717, 1.165) is 17.7 Å². The number of rotatable bonds is 2. The molecule has 17 heavy (non-hydrogen) atoms. The molecule has 0 aliphatic carbocycles. The second-order valence-electron chi connectivity index (χ2n) is 4.45. The van der Waals surface area contributed by atoms with Crippen LogP contribution in [0.3, 0.4) is 0 Å². The molecular formula is C14H14N2O. The Labute approximate surface area is 99.7 Å². The first-order chi connectivity index (χ1) is 8.28. The van der Waals surface area contributed by atoms with Crippen molar-refractivity contribution in [3.05, 3.63) is 43.1 Å². The Balaban J connectivity index is 1.98. The molecule has 1 N–H and O–H groups in total. The highest BCUT2D eigenvalue weighted by Crippen LogP contribution is 2.27. The van der Waals surface area contributed by atoms with Crippen molar-refractivity contribution >= 4 is 22.5 Å². The van der Waals surface area contributed by atoms with E-state index in [1.807, 2.05) is 41.4 Å². The molecule has 1 aliphatic rings. The van der Waals surface area contributed by atoms with Gasteiger partial charge >= 0.3 is 0 Å². The van der Waals surface area contributed by atoms with Crippen LogP contribution in [0, 0.1) is 5.92 Å². The van der Waals surface area contributed by atoms with Crippen molar-refractivity contribution in [2.45, 2.75) is 6.42 Å². The van der Waals surface area contributed by atoms with Crippen LogP contribution in [0.5, 0.6) is 0 Å². The Bertz CT molecular complexity index is 585. The second-order valence-corrected chi connectivity index (χ2v) is 4.45.